The number of hydrogen-bond acceptors (Lipinski definition) is 3. The van der Waals surface area contributed by atoms with E-state index in [1.807, 2.05) is 6.07 Å². The standard InChI is InChI=1S/C13H14BrN5O/c1-18-12(15-8-16-18)17-13(20)19-5-4-9-6-11(14)3-2-10(9)7-19/h2-3,6,8H,4-5,7H2,1H3,(H,15,16,17,20). The van der Waals surface area contributed by atoms with Crippen LogP contribution in [0.3, 0.4) is 0 Å². The van der Waals surface area contributed by atoms with Crippen molar-refractivity contribution < 1.29 is 4.79 Å². The molecule has 0 unspecified atom stereocenters. The quantitative estimate of drug-likeness (QED) is 0.868. The Hall–Kier alpha value is -1.89. The predicted molar refractivity (Wildman–Crippen MR) is 78.3 cm³/mol. The number of carbonyl (C=O) groups is 1. The van der Waals surface area contributed by atoms with Crippen LogP contribution in [0.5, 0.6) is 0 Å². The molecule has 7 heteroatoms. The van der Waals surface area contributed by atoms with E-state index in [-0.39, 0.29) is 6.03 Å². The molecule has 3 rings (SSSR count). The van der Waals surface area contributed by atoms with Gasteiger partial charge < -0.3 is 4.90 Å². The number of fused-ring (bicyclic) bond motifs is 1. The first-order chi connectivity index (χ1) is 9.63. The van der Waals surface area contributed by atoms with Crippen molar-refractivity contribution in [3.63, 3.8) is 0 Å². The summed E-state index contributed by atoms with van der Waals surface area (Å²) in [4.78, 5) is 18.0. The maximum atomic E-state index is 12.2. The second-order valence-corrected chi connectivity index (χ2v) is 5.64. The van der Waals surface area contributed by atoms with Gasteiger partial charge in [-0.25, -0.2) is 9.48 Å². The van der Waals surface area contributed by atoms with Crippen LogP contribution in [0.25, 0.3) is 0 Å². The number of nitrogens with zero attached hydrogens (tertiary/aromatic N) is 4. The van der Waals surface area contributed by atoms with E-state index >= 15 is 0 Å². The van der Waals surface area contributed by atoms with E-state index in [9.17, 15) is 4.79 Å². The molecule has 1 aromatic carbocycles. The molecule has 0 saturated heterocycles. The number of urea groups is 1. The Bertz CT molecular complexity index is 654. The number of amides is 2. The number of carbonyl (C=O) groups excluding carboxylic acids is 1. The third-order valence-corrected chi connectivity index (χ3v) is 3.89. The van der Waals surface area contributed by atoms with Crippen LogP contribution in [0, 0.1) is 0 Å². The molecule has 1 N–H and O–H groups in total. The maximum Gasteiger partial charge on any atom is 0.324 e. The first-order valence-corrected chi connectivity index (χ1v) is 7.10. The summed E-state index contributed by atoms with van der Waals surface area (Å²) in [6, 6.07) is 6.03. The predicted octanol–water partition coefficient (Wildman–Crippen LogP) is 2.17. The minimum atomic E-state index is -0.144. The number of aromatic nitrogens is 3. The van der Waals surface area contributed by atoms with Crippen LogP contribution in [0.15, 0.2) is 29.0 Å². The van der Waals surface area contributed by atoms with Crippen LogP contribution in [-0.2, 0) is 20.0 Å². The third kappa shape index (κ3) is 2.53. The summed E-state index contributed by atoms with van der Waals surface area (Å²) in [6.45, 7) is 1.32. The molecule has 20 heavy (non-hydrogen) atoms. The van der Waals surface area contributed by atoms with Crippen molar-refractivity contribution in [1.29, 1.82) is 0 Å². The third-order valence-electron chi connectivity index (χ3n) is 3.40. The zero-order valence-electron chi connectivity index (χ0n) is 11.0. The fourth-order valence-corrected chi connectivity index (χ4v) is 2.69. The van der Waals surface area contributed by atoms with E-state index in [2.05, 4.69) is 43.5 Å². The summed E-state index contributed by atoms with van der Waals surface area (Å²) in [6.07, 6.45) is 2.28. The Morgan fingerprint density at radius 3 is 3.00 bits per heavy atom. The topological polar surface area (TPSA) is 63.1 Å². The fourth-order valence-electron chi connectivity index (χ4n) is 2.28. The van der Waals surface area contributed by atoms with Gasteiger partial charge in [0.05, 0.1) is 0 Å². The van der Waals surface area contributed by atoms with Crippen molar-refractivity contribution in [2.75, 3.05) is 11.9 Å². The molecular weight excluding hydrogens is 322 g/mol. The molecule has 0 saturated carbocycles. The number of nitrogens with one attached hydrogen (secondary N) is 1. The van der Waals surface area contributed by atoms with E-state index in [0.717, 1.165) is 10.9 Å². The molecule has 0 fully saturated rings. The van der Waals surface area contributed by atoms with Gasteiger partial charge in [-0.2, -0.15) is 10.1 Å². The van der Waals surface area contributed by atoms with Crippen molar-refractivity contribution in [2.45, 2.75) is 13.0 Å². The Morgan fingerprint density at radius 2 is 2.25 bits per heavy atom. The van der Waals surface area contributed by atoms with Gasteiger partial charge in [0.2, 0.25) is 5.95 Å². The van der Waals surface area contributed by atoms with Gasteiger partial charge in [0.25, 0.3) is 0 Å². The molecule has 0 radical (unpaired) electrons. The Morgan fingerprint density at radius 1 is 1.40 bits per heavy atom. The van der Waals surface area contributed by atoms with Gasteiger partial charge in [0.15, 0.2) is 0 Å². The van der Waals surface area contributed by atoms with Gasteiger partial charge in [-0.1, -0.05) is 22.0 Å². The van der Waals surface area contributed by atoms with Gasteiger partial charge in [-0.3, -0.25) is 5.32 Å². The molecular formula is C13H14BrN5O. The first-order valence-electron chi connectivity index (χ1n) is 6.31. The van der Waals surface area contributed by atoms with Gasteiger partial charge >= 0.3 is 6.03 Å². The fraction of sp³-hybridized carbons (Fsp3) is 0.308. The number of aryl methyl sites for hydroxylation is 1. The van der Waals surface area contributed by atoms with Crippen LogP contribution < -0.4 is 5.32 Å². The summed E-state index contributed by atoms with van der Waals surface area (Å²) in [5.41, 5.74) is 2.48. The lowest BCUT2D eigenvalue weighted by atomic mass is 10.0. The average Bonchev–Trinajstić information content (AvgIpc) is 2.83. The lowest BCUT2D eigenvalue weighted by molar-refractivity contribution is 0.206. The summed E-state index contributed by atoms with van der Waals surface area (Å²) in [5.74, 6) is 0.455. The Kier molecular flexibility index (Phi) is 3.43. The highest BCUT2D eigenvalue weighted by Crippen LogP contribution is 2.23. The highest BCUT2D eigenvalue weighted by atomic mass is 79.9. The first kappa shape index (κ1) is 13.1. The van der Waals surface area contributed by atoms with Crippen molar-refractivity contribution in [3.05, 3.63) is 40.1 Å². The molecule has 104 valence electrons. The minimum Gasteiger partial charge on any atom is -0.320 e. The monoisotopic (exact) mass is 335 g/mol. The highest BCUT2D eigenvalue weighted by molar-refractivity contribution is 9.10. The van der Waals surface area contributed by atoms with E-state index in [0.29, 0.717) is 19.0 Å². The molecule has 2 heterocycles. The van der Waals surface area contributed by atoms with Crippen LogP contribution in [-0.4, -0.2) is 32.2 Å². The molecule has 1 aromatic heterocycles. The lowest BCUT2D eigenvalue weighted by Gasteiger charge is -2.28. The zero-order chi connectivity index (χ0) is 14.1. The van der Waals surface area contributed by atoms with Crippen LogP contribution in [0.2, 0.25) is 0 Å². The number of rotatable bonds is 1. The molecule has 0 bridgehead atoms. The number of halogens is 1. The SMILES string of the molecule is Cn1ncnc1NC(=O)N1CCc2cc(Br)ccc2C1. The molecule has 2 aromatic rings. The van der Waals surface area contributed by atoms with Crippen LogP contribution >= 0.6 is 15.9 Å². The molecule has 0 spiro atoms. The lowest BCUT2D eigenvalue weighted by Crippen LogP contribution is -2.39. The van der Waals surface area contributed by atoms with E-state index < -0.39 is 0 Å². The largest absolute Gasteiger partial charge is 0.324 e. The van der Waals surface area contributed by atoms with Crippen molar-refractivity contribution >= 4 is 27.9 Å². The van der Waals surface area contributed by atoms with Gasteiger partial charge in [0.1, 0.15) is 6.33 Å². The van der Waals surface area contributed by atoms with E-state index in [1.54, 1.807) is 11.9 Å². The molecule has 0 aliphatic carbocycles. The van der Waals surface area contributed by atoms with Gasteiger partial charge in [0, 0.05) is 24.6 Å². The Labute approximate surface area is 124 Å². The van der Waals surface area contributed by atoms with E-state index in [1.165, 1.54) is 22.1 Å². The van der Waals surface area contributed by atoms with Gasteiger partial charge in [-0.15, -0.1) is 0 Å². The van der Waals surface area contributed by atoms with E-state index in [4.69, 9.17) is 0 Å². The smallest absolute Gasteiger partial charge is 0.320 e. The number of benzene rings is 1. The molecule has 2 amide bonds. The maximum absolute atomic E-state index is 12.2. The van der Waals surface area contributed by atoms with Gasteiger partial charge in [-0.05, 0) is 29.7 Å². The summed E-state index contributed by atoms with van der Waals surface area (Å²) < 4.78 is 2.61. The second-order valence-electron chi connectivity index (χ2n) is 4.72. The molecule has 1 aliphatic heterocycles. The Balaban J connectivity index is 1.72. The normalized spacial score (nSPS) is 14.0. The highest BCUT2D eigenvalue weighted by Gasteiger charge is 2.21. The summed E-state index contributed by atoms with van der Waals surface area (Å²) >= 11 is 3.47. The van der Waals surface area contributed by atoms with Crippen molar-refractivity contribution in [1.82, 2.24) is 19.7 Å². The summed E-state index contributed by atoms with van der Waals surface area (Å²) in [7, 11) is 1.74. The molecule has 6 nitrogen and oxygen atoms in total. The summed E-state index contributed by atoms with van der Waals surface area (Å²) in [5, 5.41) is 6.70. The van der Waals surface area contributed by atoms with Crippen LogP contribution in [0.4, 0.5) is 10.7 Å². The number of anilines is 1. The molecule has 0 atom stereocenters. The van der Waals surface area contributed by atoms with Crippen molar-refractivity contribution in [2.24, 2.45) is 7.05 Å². The average molecular weight is 336 g/mol. The molecule has 1 aliphatic rings. The van der Waals surface area contributed by atoms with Crippen molar-refractivity contribution in [3.8, 4) is 0 Å². The number of hydrogen-bond donors (Lipinski definition) is 1. The van der Waals surface area contributed by atoms with Crippen LogP contribution in [0.1, 0.15) is 11.1 Å². The zero-order valence-corrected chi connectivity index (χ0v) is 12.6. The minimum absolute atomic E-state index is 0.144. The second kappa shape index (κ2) is 5.24.